The van der Waals surface area contributed by atoms with Crippen molar-refractivity contribution < 1.29 is 4.74 Å². The van der Waals surface area contributed by atoms with E-state index in [1.165, 1.54) is 5.56 Å². The molecule has 2 heteroatoms. The Morgan fingerprint density at radius 3 is 2.69 bits per heavy atom. The molecular weight excluding hydrogens is 220 g/mol. The third-order valence-electron chi connectivity index (χ3n) is 2.80. The van der Waals surface area contributed by atoms with E-state index in [0.717, 1.165) is 18.6 Å². The van der Waals surface area contributed by atoms with Gasteiger partial charge in [-0.2, -0.15) is 0 Å². The quantitative estimate of drug-likeness (QED) is 0.669. The van der Waals surface area contributed by atoms with Crippen LogP contribution >= 0.6 is 11.6 Å². The molecule has 0 aliphatic carbocycles. The fraction of sp³-hybridized carbons (Fsp3) is 0.429. The van der Waals surface area contributed by atoms with Crippen LogP contribution in [-0.2, 0) is 0 Å². The Morgan fingerprint density at radius 1 is 1.44 bits per heavy atom. The lowest BCUT2D eigenvalue weighted by atomic mass is 9.93. The fourth-order valence-electron chi connectivity index (χ4n) is 1.78. The van der Waals surface area contributed by atoms with Crippen LogP contribution in [0.1, 0.15) is 38.2 Å². The lowest BCUT2D eigenvalue weighted by Gasteiger charge is -2.14. The highest BCUT2D eigenvalue weighted by molar-refractivity contribution is 6.32. The van der Waals surface area contributed by atoms with Crippen LogP contribution in [0, 0.1) is 0 Å². The molecule has 88 valence electrons. The van der Waals surface area contributed by atoms with Gasteiger partial charge in [0.25, 0.3) is 0 Å². The van der Waals surface area contributed by atoms with Gasteiger partial charge in [0.2, 0.25) is 0 Å². The Morgan fingerprint density at radius 2 is 2.19 bits per heavy atom. The van der Waals surface area contributed by atoms with Gasteiger partial charge in [-0.25, -0.2) is 0 Å². The Bertz CT molecular complexity index is 358. The Balaban J connectivity index is 2.89. The van der Waals surface area contributed by atoms with Gasteiger partial charge in [0.1, 0.15) is 5.75 Å². The van der Waals surface area contributed by atoms with Gasteiger partial charge >= 0.3 is 0 Å². The first kappa shape index (κ1) is 13.1. The van der Waals surface area contributed by atoms with E-state index < -0.39 is 0 Å². The molecule has 1 unspecified atom stereocenters. The van der Waals surface area contributed by atoms with Crippen LogP contribution in [0.4, 0.5) is 0 Å². The number of halogens is 1. The first-order valence-electron chi connectivity index (χ1n) is 5.67. The molecule has 1 rings (SSSR count). The molecule has 0 N–H and O–H groups in total. The maximum Gasteiger partial charge on any atom is 0.137 e. The first-order chi connectivity index (χ1) is 7.72. The average Bonchev–Trinajstić information content (AvgIpc) is 2.30. The van der Waals surface area contributed by atoms with Crippen molar-refractivity contribution in [2.45, 2.75) is 32.6 Å². The van der Waals surface area contributed by atoms with Crippen molar-refractivity contribution in [2.24, 2.45) is 0 Å². The van der Waals surface area contributed by atoms with Crippen LogP contribution in [0.15, 0.2) is 30.4 Å². The maximum absolute atomic E-state index is 6.12. The molecule has 0 saturated carbocycles. The van der Waals surface area contributed by atoms with E-state index in [1.807, 2.05) is 19.1 Å². The number of methoxy groups -OCH3 is 1. The van der Waals surface area contributed by atoms with Gasteiger partial charge in [-0.05, 0) is 43.4 Å². The first-order valence-corrected chi connectivity index (χ1v) is 6.05. The Kier molecular flexibility index (Phi) is 5.41. The summed E-state index contributed by atoms with van der Waals surface area (Å²) in [7, 11) is 1.64. The molecule has 1 nitrogen and oxygen atoms in total. The molecule has 16 heavy (non-hydrogen) atoms. The van der Waals surface area contributed by atoms with Crippen molar-refractivity contribution in [2.75, 3.05) is 7.11 Å². The molecule has 1 aromatic rings. The number of rotatable bonds is 5. The second-order valence-corrected chi connectivity index (χ2v) is 4.21. The topological polar surface area (TPSA) is 9.23 Å². The summed E-state index contributed by atoms with van der Waals surface area (Å²) >= 11 is 6.12. The van der Waals surface area contributed by atoms with Crippen molar-refractivity contribution in [3.63, 3.8) is 0 Å². The van der Waals surface area contributed by atoms with Gasteiger partial charge in [0.15, 0.2) is 0 Å². The second kappa shape index (κ2) is 6.59. The standard InChI is InChI=1S/C14H19ClO/c1-4-6-7-11(5-2)12-8-9-14(16-3)13(15)10-12/h4,6,8-11H,5,7H2,1-3H3/b6-4-. The highest BCUT2D eigenvalue weighted by atomic mass is 35.5. The van der Waals surface area contributed by atoms with Gasteiger partial charge in [-0.3, -0.25) is 0 Å². The average molecular weight is 239 g/mol. The number of benzene rings is 1. The normalized spacial score (nSPS) is 13.0. The summed E-state index contributed by atoms with van der Waals surface area (Å²) in [5, 5.41) is 0.693. The van der Waals surface area contributed by atoms with E-state index in [2.05, 4.69) is 25.1 Å². The Labute approximate surface area is 103 Å². The van der Waals surface area contributed by atoms with Crippen LogP contribution in [0.2, 0.25) is 5.02 Å². The summed E-state index contributed by atoms with van der Waals surface area (Å²) < 4.78 is 5.15. The molecule has 0 bridgehead atoms. The SMILES string of the molecule is C/C=C\CC(CC)c1ccc(OC)c(Cl)c1. The molecule has 0 aromatic heterocycles. The van der Waals surface area contributed by atoms with Crippen LogP contribution in [0.3, 0.4) is 0 Å². The molecular formula is C14H19ClO. The van der Waals surface area contributed by atoms with E-state index in [1.54, 1.807) is 7.11 Å². The zero-order chi connectivity index (χ0) is 12.0. The van der Waals surface area contributed by atoms with Crippen LogP contribution in [0.25, 0.3) is 0 Å². The molecule has 0 aliphatic heterocycles. The van der Waals surface area contributed by atoms with E-state index in [9.17, 15) is 0 Å². The van der Waals surface area contributed by atoms with Crippen LogP contribution in [0.5, 0.6) is 5.75 Å². The molecule has 1 atom stereocenters. The van der Waals surface area contributed by atoms with Gasteiger partial charge in [0, 0.05) is 0 Å². The number of allylic oxidation sites excluding steroid dienone is 2. The summed E-state index contributed by atoms with van der Waals surface area (Å²) in [6, 6.07) is 6.05. The minimum absolute atomic E-state index is 0.541. The highest BCUT2D eigenvalue weighted by Gasteiger charge is 2.10. The smallest absolute Gasteiger partial charge is 0.137 e. The molecule has 0 heterocycles. The molecule has 0 aliphatic rings. The third-order valence-corrected chi connectivity index (χ3v) is 3.09. The predicted octanol–water partition coefficient (Wildman–Crippen LogP) is 4.81. The zero-order valence-corrected chi connectivity index (χ0v) is 10.9. The summed E-state index contributed by atoms with van der Waals surface area (Å²) in [6.07, 6.45) is 6.47. The molecule has 0 radical (unpaired) electrons. The number of hydrogen-bond acceptors (Lipinski definition) is 1. The maximum atomic E-state index is 6.12. The van der Waals surface area contributed by atoms with Gasteiger partial charge in [0.05, 0.1) is 12.1 Å². The number of hydrogen-bond donors (Lipinski definition) is 0. The molecule has 0 saturated heterocycles. The lowest BCUT2D eigenvalue weighted by molar-refractivity contribution is 0.414. The molecule has 0 fully saturated rings. The fourth-order valence-corrected chi connectivity index (χ4v) is 2.04. The van der Waals surface area contributed by atoms with Crippen LogP contribution in [-0.4, -0.2) is 7.11 Å². The van der Waals surface area contributed by atoms with Crippen molar-refractivity contribution >= 4 is 11.6 Å². The van der Waals surface area contributed by atoms with Gasteiger partial charge in [-0.1, -0.05) is 36.7 Å². The monoisotopic (exact) mass is 238 g/mol. The minimum Gasteiger partial charge on any atom is -0.495 e. The zero-order valence-electron chi connectivity index (χ0n) is 10.2. The van der Waals surface area contributed by atoms with Crippen molar-refractivity contribution in [3.8, 4) is 5.75 Å². The van der Waals surface area contributed by atoms with E-state index in [4.69, 9.17) is 16.3 Å². The second-order valence-electron chi connectivity index (χ2n) is 3.80. The minimum atomic E-state index is 0.541. The largest absolute Gasteiger partial charge is 0.495 e. The van der Waals surface area contributed by atoms with E-state index in [-0.39, 0.29) is 0 Å². The lowest BCUT2D eigenvalue weighted by Crippen LogP contribution is -1.96. The van der Waals surface area contributed by atoms with Crippen molar-refractivity contribution in [3.05, 3.63) is 40.9 Å². The predicted molar refractivity (Wildman–Crippen MR) is 70.5 cm³/mol. The molecule has 0 amide bonds. The van der Waals surface area contributed by atoms with Crippen molar-refractivity contribution in [1.82, 2.24) is 0 Å². The summed E-state index contributed by atoms with van der Waals surface area (Å²) in [6.45, 7) is 4.25. The summed E-state index contributed by atoms with van der Waals surface area (Å²) in [5.74, 6) is 1.28. The number of ether oxygens (including phenoxy) is 1. The molecule has 0 spiro atoms. The van der Waals surface area contributed by atoms with Crippen LogP contribution < -0.4 is 4.74 Å². The summed E-state index contributed by atoms with van der Waals surface area (Å²) in [4.78, 5) is 0. The van der Waals surface area contributed by atoms with E-state index >= 15 is 0 Å². The van der Waals surface area contributed by atoms with E-state index in [0.29, 0.717) is 10.9 Å². The molecule has 1 aromatic carbocycles. The highest BCUT2D eigenvalue weighted by Crippen LogP contribution is 2.31. The van der Waals surface area contributed by atoms with Gasteiger partial charge < -0.3 is 4.74 Å². The third kappa shape index (κ3) is 3.28. The Hall–Kier alpha value is -0.950. The van der Waals surface area contributed by atoms with Crippen molar-refractivity contribution in [1.29, 1.82) is 0 Å². The van der Waals surface area contributed by atoms with Gasteiger partial charge in [-0.15, -0.1) is 0 Å². The summed E-state index contributed by atoms with van der Waals surface area (Å²) in [5.41, 5.74) is 1.28.